The second-order valence-corrected chi connectivity index (χ2v) is 3.84. The van der Waals surface area contributed by atoms with Crippen LogP contribution in [0.1, 0.15) is 12.8 Å². The van der Waals surface area contributed by atoms with Crippen molar-refractivity contribution in [3.63, 3.8) is 0 Å². The Morgan fingerprint density at radius 3 is 2.71 bits per heavy atom. The standard InChI is InChI=1S/C13H16O4/c1-4-7-13(12(15)17-3)8-5-6-10(9-13)11(14)16-2/h4-6,9H,1,7-8H2,2-3H3. The van der Waals surface area contributed by atoms with Crippen molar-refractivity contribution in [1.82, 2.24) is 0 Å². The van der Waals surface area contributed by atoms with E-state index in [0.29, 0.717) is 18.4 Å². The summed E-state index contributed by atoms with van der Waals surface area (Å²) in [4.78, 5) is 23.3. The molecule has 0 radical (unpaired) electrons. The number of carbonyl (C=O) groups is 2. The molecule has 0 amide bonds. The summed E-state index contributed by atoms with van der Waals surface area (Å²) in [5.41, 5.74) is -0.472. The molecule has 0 aromatic heterocycles. The first-order valence-corrected chi connectivity index (χ1v) is 5.26. The van der Waals surface area contributed by atoms with Crippen LogP contribution in [-0.2, 0) is 19.1 Å². The van der Waals surface area contributed by atoms with Crippen LogP contribution in [0.5, 0.6) is 0 Å². The SMILES string of the molecule is C=CCC1(C(=O)OC)C=C(C(=O)OC)C=CC1. The quantitative estimate of drug-likeness (QED) is 0.551. The van der Waals surface area contributed by atoms with E-state index in [9.17, 15) is 9.59 Å². The van der Waals surface area contributed by atoms with E-state index in [1.165, 1.54) is 14.2 Å². The summed E-state index contributed by atoms with van der Waals surface area (Å²) in [7, 11) is 2.64. The number of hydrogen-bond acceptors (Lipinski definition) is 4. The molecule has 0 saturated carbocycles. The normalized spacial score (nSPS) is 22.6. The molecule has 0 N–H and O–H groups in total. The summed E-state index contributed by atoms with van der Waals surface area (Å²) in [6.45, 7) is 3.63. The minimum atomic E-state index is -0.839. The van der Waals surface area contributed by atoms with Gasteiger partial charge in [0.05, 0.1) is 25.2 Å². The van der Waals surface area contributed by atoms with Crippen molar-refractivity contribution in [3.05, 3.63) is 36.5 Å². The maximum Gasteiger partial charge on any atom is 0.337 e. The van der Waals surface area contributed by atoms with Crippen molar-refractivity contribution in [3.8, 4) is 0 Å². The van der Waals surface area contributed by atoms with Crippen molar-refractivity contribution in [2.45, 2.75) is 12.8 Å². The van der Waals surface area contributed by atoms with Crippen molar-refractivity contribution >= 4 is 11.9 Å². The van der Waals surface area contributed by atoms with E-state index in [0.717, 1.165) is 0 Å². The Morgan fingerprint density at radius 1 is 1.47 bits per heavy atom. The van der Waals surface area contributed by atoms with Crippen molar-refractivity contribution in [1.29, 1.82) is 0 Å². The first kappa shape index (κ1) is 13.2. The third kappa shape index (κ3) is 2.64. The fourth-order valence-corrected chi connectivity index (χ4v) is 1.87. The molecule has 0 fully saturated rings. The summed E-state index contributed by atoms with van der Waals surface area (Å²) < 4.78 is 9.43. The lowest BCUT2D eigenvalue weighted by atomic mass is 9.77. The van der Waals surface area contributed by atoms with Crippen LogP contribution in [0.4, 0.5) is 0 Å². The summed E-state index contributed by atoms with van der Waals surface area (Å²) in [6, 6.07) is 0. The molecular weight excluding hydrogens is 220 g/mol. The molecule has 0 aromatic rings. The fraction of sp³-hybridized carbons (Fsp3) is 0.385. The molecule has 0 aromatic carbocycles. The van der Waals surface area contributed by atoms with Gasteiger partial charge in [0.25, 0.3) is 0 Å². The predicted octanol–water partition coefficient (Wildman–Crippen LogP) is 1.78. The Bertz CT molecular complexity index is 388. The highest BCUT2D eigenvalue weighted by Crippen LogP contribution is 2.35. The van der Waals surface area contributed by atoms with Gasteiger partial charge in [-0.15, -0.1) is 6.58 Å². The lowest BCUT2D eigenvalue weighted by molar-refractivity contribution is -0.149. The summed E-state index contributed by atoms with van der Waals surface area (Å²) >= 11 is 0. The molecule has 0 spiro atoms. The van der Waals surface area contributed by atoms with Gasteiger partial charge >= 0.3 is 11.9 Å². The zero-order valence-corrected chi connectivity index (χ0v) is 10.1. The Labute approximate surface area is 101 Å². The molecule has 1 rings (SSSR count). The second-order valence-electron chi connectivity index (χ2n) is 3.84. The smallest absolute Gasteiger partial charge is 0.337 e. The van der Waals surface area contributed by atoms with E-state index in [2.05, 4.69) is 11.3 Å². The number of ether oxygens (including phenoxy) is 2. The van der Waals surface area contributed by atoms with Crippen LogP contribution in [0.25, 0.3) is 0 Å². The van der Waals surface area contributed by atoms with E-state index >= 15 is 0 Å². The van der Waals surface area contributed by atoms with E-state index in [-0.39, 0.29) is 5.97 Å². The van der Waals surface area contributed by atoms with Gasteiger partial charge in [0, 0.05) is 0 Å². The number of esters is 2. The second kappa shape index (κ2) is 5.48. The molecular formula is C13H16O4. The van der Waals surface area contributed by atoms with E-state index in [1.807, 2.05) is 0 Å². The van der Waals surface area contributed by atoms with Crippen LogP contribution in [-0.4, -0.2) is 26.2 Å². The van der Waals surface area contributed by atoms with Crippen molar-refractivity contribution in [2.24, 2.45) is 5.41 Å². The van der Waals surface area contributed by atoms with Gasteiger partial charge in [-0.2, -0.15) is 0 Å². The third-order valence-electron chi connectivity index (χ3n) is 2.73. The third-order valence-corrected chi connectivity index (χ3v) is 2.73. The van der Waals surface area contributed by atoms with Crippen LogP contribution in [0.2, 0.25) is 0 Å². The Hall–Kier alpha value is -1.84. The average Bonchev–Trinajstić information content (AvgIpc) is 2.37. The van der Waals surface area contributed by atoms with Crippen molar-refractivity contribution < 1.29 is 19.1 Å². The molecule has 0 saturated heterocycles. The molecule has 0 bridgehead atoms. The molecule has 0 aliphatic heterocycles. The number of rotatable bonds is 4. The van der Waals surface area contributed by atoms with Crippen LogP contribution in [0.15, 0.2) is 36.5 Å². The van der Waals surface area contributed by atoms with Gasteiger partial charge in [-0.05, 0) is 12.8 Å². The zero-order valence-electron chi connectivity index (χ0n) is 10.1. The van der Waals surface area contributed by atoms with Crippen LogP contribution >= 0.6 is 0 Å². The predicted molar refractivity (Wildman–Crippen MR) is 63.1 cm³/mol. The molecule has 4 nitrogen and oxygen atoms in total. The molecule has 1 aliphatic carbocycles. The molecule has 92 valence electrons. The lowest BCUT2D eigenvalue weighted by Crippen LogP contribution is -2.32. The average molecular weight is 236 g/mol. The van der Waals surface area contributed by atoms with Crippen molar-refractivity contribution in [2.75, 3.05) is 14.2 Å². The number of carbonyl (C=O) groups excluding carboxylic acids is 2. The highest BCUT2D eigenvalue weighted by Gasteiger charge is 2.38. The van der Waals surface area contributed by atoms with Gasteiger partial charge < -0.3 is 9.47 Å². The van der Waals surface area contributed by atoms with Gasteiger partial charge in [0.1, 0.15) is 0 Å². The number of allylic oxidation sites excluding steroid dienone is 2. The molecule has 1 unspecified atom stereocenters. The summed E-state index contributed by atoms with van der Waals surface area (Å²) in [5.74, 6) is -0.832. The number of hydrogen-bond donors (Lipinski definition) is 0. The first-order chi connectivity index (χ1) is 8.09. The lowest BCUT2D eigenvalue weighted by Gasteiger charge is -2.28. The van der Waals surface area contributed by atoms with E-state index in [1.54, 1.807) is 24.3 Å². The molecule has 17 heavy (non-hydrogen) atoms. The Morgan fingerprint density at radius 2 is 2.18 bits per heavy atom. The minimum absolute atomic E-state index is 0.367. The van der Waals surface area contributed by atoms with Gasteiger partial charge in [0.2, 0.25) is 0 Å². The highest BCUT2D eigenvalue weighted by atomic mass is 16.5. The van der Waals surface area contributed by atoms with E-state index < -0.39 is 11.4 Å². The Balaban J connectivity index is 3.12. The topological polar surface area (TPSA) is 52.6 Å². The fourth-order valence-electron chi connectivity index (χ4n) is 1.87. The monoisotopic (exact) mass is 236 g/mol. The van der Waals surface area contributed by atoms with Gasteiger partial charge in [-0.25, -0.2) is 4.79 Å². The Kier molecular flexibility index (Phi) is 4.26. The van der Waals surface area contributed by atoms with Gasteiger partial charge in [-0.1, -0.05) is 24.3 Å². The molecule has 1 aliphatic rings. The van der Waals surface area contributed by atoms with Gasteiger partial charge in [0.15, 0.2) is 0 Å². The van der Waals surface area contributed by atoms with Crippen LogP contribution in [0, 0.1) is 5.41 Å². The first-order valence-electron chi connectivity index (χ1n) is 5.26. The largest absolute Gasteiger partial charge is 0.468 e. The highest BCUT2D eigenvalue weighted by molar-refractivity contribution is 5.94. The number of methoxy groups -OCH3 is 2. The summed E-state index contributed by atoms with van der Waals surface area (Å²) in [5, 5.41) is 0. The van der Waals surface area contributed by atoms with Crippen LogP contribution in [0.3, 0.4) is 0 Å². The minimum Gasteiger partial charge on any atom is -0.468 e. The maximum atomic E-state index is 11.8. The van der Waals surface area contributed by atoms with Gasteiger partial charge in [-0.3, -0.25) is 4.79 Å². The molecule has 4 heteroatoms. The summed E-state index contributed by atoms with van der Waals surface area (Å²) in [6.07, 6.45) is 7.58. The molecule has 1 atom stereocenters. The molecule has 0 heterocycles. The van der Waals surface area contributed by atoms with Crippen LogP contribution < -0.4 is 0 Å². The zero-order chi connectivity index (χ0) is 12.9. The maximum absolute atomic E-state index is 11.8. The van der Waals surface area contributed by atoms with E-state index in [4.69, 9.17) is 4.74 Å².